The molecule has 1 aromatic heterocycles. The summed E-state index contributed by atoms with van der Waals surface area (Å²) in [6, 6.07) is 8.25. The Balaban J connectivity index is 1.96. The van der Waals surface area contributed by atoms with Crippen molar-refractivity contribution in [2.75, 3.05) is 0 Å². The van der Waals surface area contributed by atoms with Crippen LogP contribution >= 0.6 is 11.3 Å². The molecule has 0 saturated heterocycles. The molecule has 3 nitrogen and oxygen atoms in total. The van der Waals surface area contributed by atoms with Gasteiger partial charge in [0, 0.05) is 18.0 Å². The average molecular weight is 248 g/mol. The molecule has 1 atom stereocenters. The molecule has 0 radical (unpaired) electrons. The number of benzene rings is 1. The molecular formula is C13H16N2OS. The van der Waals surface area contributed by atoms with Gasteiger partial charge >= 0.3 is 0 Å². The van der Waals surface area contributed by atoms with E-state index in [1.807, 2.05) is 29.1 Å². The molecule has 0 aliphatic heterocycles. The lowest BCUT2D eigenvalue weighted by Crippen LogP contribution is -2.18. The molecule has 17 heavy (non-hydrogen) atoms. The molecule has 2 aromatic rings. The zero-order valence-corrected chi connectivity index (χ0v) is 10.6. The van der Waals surface area contributed by atoms with E-state index >= 15 is 0 Å². The standard InChI is InChI=1S/C13H16N2OS/c1-10(14-6-13-8-17-9-15-13)12-4-2-3-11(5-12)7-16/h2-5,8-10,14,16H,6-7H2,1H3. The van der Waals surface area contributed by atoms with E-state index < -0.39 is 0 Å². The van der Waals surface area contributed by atoms with E-state index in [1.54, 1.807) is 11.3 Å². The SMILES string of the molecule is CC(NCc1cscn1)c1cccc(CO)c1. The van der Waals surface area contributed by atoms with Crippen LogP contribution in [0.4, 0.5) is 0 Å². The Labute approximate surface area is 105 Å². The third-order valence-corrected chi connectivity index (χ3v) is 3.34. The van der Waals surface area contributed by atoms with Crippen molar-refractivity contribution in [3.05, 3.63) is 52.0 Å². The molecule has 1 aromatic carbocycles. The van der Waals surface area contributed by atoms with E-state index in [1.165, 1.54) is 5.56 Å². The van der Waals surface area contributed by atoms with Crippen LogP contribution in [0.1, 0.15) is 29.8 Å². The third-order valence-electron chi connectivity index (χ3n) is 2.71. The van der Waals surface area contributed by atoms with Crippen molar-refractivity contribution in [1.82, 2.24) is 10.3 Å². The largest absolute Gasteiger partial charge is 0.392 e. The number of hydrogen-bond donors (Lipinski definition) is 2. The minimum absolute atomic E-state index is 0.0899. The smallest absolute Gasteiger partial charge is 0.0795 e. The molecule has 0 fully saturated rings. The minimum Gasteiger partial charge on any atom is -0.392 e. The van der Waals surface area contributed by atoms with Gasteiger partial charge in [0.15, 0.2) is 0 Å². The van der Waals surface area contributed by atoms with Gasteiger partial charge in [0.25, 0.3) is 0 Å². The molecule has 0 aliphatic carbocycles. The summed E-state index contributed by atoms with van der Waals surface area (Å²) >= 11 is 1.61. The zero-order valence-electron chi connectivity index (χ0n) is 9.76. The van der Waals surface area contributed by atoms with Gasteiger partial charge in [-0.25, -0.2) is 4.98 Å². The first-order valence-electron chi connectivity index (χ1n) is 5.59. The lowest BCUT2D eigenvalue weighted by Gasteiger charge is -2.14. The number of nitrogens with zero attached hydrogens (tertiary/aromatic N) is 1. The van der Waals surface area contributed by atoms with Crippen molar-refractivity contribution in [2.45, 2.75) is 26.1 Å². The maximum absolute atomic E-state index is 9.09. The van der Waals surface area contributed by atoms with E-state index in [4.69, 9.17) is 5.11 Å². The summed E-state index contributed by atoms with van der Waals surface area (Å²) in [6.07, 6.45) is 0. The Bertz CT molecular complexity index is 456. The minimum atomic E-state index is 0.0899. The predicted octanol–water partition coefficient (Wildman–Crippen LogP) is 2.49. The maximum atomic E-state index is 9.09. The van der Waals surface area contributed by atoms with Crippen molar-refractivity contribution >= 4 is 11.3 Å². The third kappa shape index (κ3) is 3.36. The number of aromatic nitrogens is 1. The quantitative estimate of drug-likeness (QED) is 0.854. The number of rotatable bonds is 5. The van der Waals surface area contributed by atoms with Gasteiger partial charge < -0.3 is 10.4 Å². The highest BCUT2D eigenvalue weighted by molar-refractivity contribution is 7.07. The van der Waals surface area contributed by atoms with Crippen molar-refractivity contribution in [1.29, 1.82) is 0 Å². The van der Waals surface area contributed by atoms with Crippen LogP contribution in [0.3, 0.4) is 0 Å². The fourth-order valence-corrected chi connectivity index (χ4v) is 2.22. The highest BCUT2D eigenvalue weighted by Gasteiger charge is 2.05. The molecule has 0 amide bonds. The number of hydrogen-bond acceptors (Lipinski definition) is 4. The van der Waals surface area contributed by atoms with E-state index in [-0.39, 0.29) is 12.6 Å². The van der Waals surface area contributed by atoms with Crippen molar-refractivity contribution < 1.29 is 5.11 Å². The number of nitrogens with one attached hydrogen (secondary N) is 1. The highest BCUT2D eigenvalue weighted by Crippen LogP contribution is 2.15. The Kier molecular flexibility index (Phi) is 4.25. The lowest BCUT2D eigenvalue weighted by molar-refractivity contribution is 0.281. The molecule has 2 N–H and O–H groups in total. The van der Waals surface area contributed by atoms with Gasteiger partial charge in [0.2, 0.25) is 0 Å². The second kappa shape index (κ2) is 5.91. The van der Waals surface area contributed by atoms with Gasteiger partial charge in [-0.3, -0.25) is 0 Å². The Hall–Kier alpha value is -1.23. The molecule has 2 rings (SSSR count). The zero-order chi connectivity index (χ0) is 12.1. The number of aliphatic hydroxyl groups excluding tert-OH is 1. The summed E-state index contributed by atoms with van der Waals surface area (Å²) in [6.45, 7) is 2.98. The molecule has 4 heteroatoms. The summed E-state index contributed by atoms with van der Waals surface area (Å²) in [4.78, 5) is 4.23. The van der Waals surface area contributed by atoms with E-state index in [0.29, 0.717) is 0 Å². The molecule has 90 valence electrons. The van der Waals surface area contributed by atoms with E-state index in [9.17, 15) is 0 Å². The molecule has 1 unspecified atom stereocenters. The topological polar surface area (TPSA) is 45.2 Å². The first-order chi connectivity index (χ1) is 8.29. The summed E-state index contributed by atoms with van der Waals surface area (Å²) in [7, 11) is 0. The number of aliphatic hydroxyl groups is 1. The first kappa shape index (κ1) is 12.2. The van der Waals surface area contributed by atoms with Crippen LogP contribution in [0.2, 0.25) is 0 Å². The van der Waals surface area contributed by atoms with Crippen LogP contribution in [0.15, 0.2) is 35.2 Å². The van der Waals surface area contributed by atoms with Crippen molar-refractivity contribution in [3.63, 3.8) is 0 Å². The highest BCUT2D eigenvalue weighted by atomic mass is 32.1. The summed E-state index contributed by atoms with van der Waals surface area (Å²) in [5.41, 5.74) is 5.05. The van der Waals surface area contributed by atoms with Crippen LogP contribution in [-0.2, 0) is 13.2 Å². The summed E-state index contributed by atoms with van der Waals surface area (Å²) in [5, 5.41) is 14.6. The van der Waals surface area contributed by atoms with Crippen LogP contribution in [0, 0.1) is 0 Å². The van der Waals surface area contributed by atoms with Gasteiger partial charge in [-0.05, 0) is 18.1 Å². The fourth-order valence-electron chi connectivity index (χ4n) is 1.66. The van der Waals surface area contributed by atoms with Crippen LogP contribution in [0.25, 0.3) is 0 Å². The van der Waals surface area contributed by atoms with Gasteiger partial charge in [0.1, 0.15) is 0 Å². The van der Waals surface area contributed by atoms with Gasteiger partial charge in [-0.2, -0.15) is 0 Å². The molecular weight excluding hydrogens is 232 g/mol. The van der Waals surface area contributed by atoms with Gasteiger partial charge in [0.05, 0.1) is 17.8 Å². The van der Waals surface area contributed by atoms with Gasteiger partial charge in [-0.15, -0.1) is 11.3 Å². The van der Waals surface area contributed by atoms with Gasteiger partial charge in [-0.1, -0.05) is 24.3 Å². The van der Waals surface area contributed by atoms with Crippen LogP contribution in [-0.4, -0.2) is 10.1 Å². The molecule has 1 heterocycles. The Morgan fingerprint density at radius 2 is 2.35 bits per heavy atom. The first-order valence-corrected chi connectivity index (χ1v) is 6.54. The monoisotopic (exact) mass is 248 g/mol. The molecule has 0 aliphatic rings. The second-order valence-corrected chi connectivity index (χ2v) is 4.70. The molecule has 0 saturated carbocycles. The molecule has 0 bridgehead atoms. The molecule has 0 spiro atoms. The Morgan fingerprint density at radius 3 is 3.06 bits per heavy atom. The maximum Gasteiger partial charge on any atom is 0.0795 e. The van der Waals surface area contributed by atoms with E-state index in [0.717, 1.165) is 17.8 Å². The lowest BCUT2D eigenvalue weighted by atomic mass is 10.1. The van der Waals surface area contributed by atoms with Crippen molar-refractivity contribution in [3.8, 4) is 0 Å². The summed E-state index contributed by atoms with van der Waals surface area (Å²) in [5.74, 6) is 0. The second-order valence-electron chi connectivity index (χ2n) is 3.99. The van der Waals surface area contributed by atoms with Crippen LogP contribution < -0.4 is 5.32 Å². The predicted molar refractivity (Wildman–Crippen MR) is 69.7 cm³/mol. The van der Waals surface area contributed by atoms with Crippen molar-refractivity contribution in [2.24, 2.45) is 0 Å². The number of thiazole rings is 1. The normalized spacial score (nSPS) is 12.6. The van der Waals surface area contributed by atoms with E-state index in [2.05, 4.69) is 23.3 Å². The average Bonchev–Trinajstić information content (AvgIpc) is 2.89. The fraction of sp³-hybridized carbons (Fsp3) is 0.308. The Morgan fingerprint density at radius 1 is 1.47 bits per heavy atom. The van der Waals surface area contributed by atoms with Crippen LogP contribution in [0.5, 0.6) is 0 Å². The summed E-state index contributed by atoms with van der Waals surface area (Å²) < 4.78 is 0.